The van der Waals surface area contributed by atoms with E-state index in [1.54, 1.807) is 12.1 Å². The minimum Gasteiger partial charge on any atom is -0.371 e. The molecule has 2 nitrogen and oxygen atoms in total. The van der Waals surface area contributed by atoms with Gasteiger partial charge in [-0.05, 0) is 49.9 Å². The Bertz CT molecular complexity index is 518. The Kier molecular flexibility index (Phi) is 4.29. The summed E-state index contributed by atoms with van der Waals surface area (Å²) in [6, 6.07) is 6.47. The smallest absolute Gasteiger partial charge is 0.123 e. The molecule has 0 spiro atoms. The largest absolute Gasteiger partial charge is 0.371 e. The van der Waals surface area contributed by atoms with E-state index in [1.165, 1.54) is 24.9 Å². The summed E-state index contributed by atoms with van der Waals surface area (Å²) in [4.78, 5) is 5.06. The van der Waals surface area contributed by atoms with E-state index in [9.17, 15) is 4.39 Å². The Morgan fingerprint density at radius 2 is 2.00 bits per heavy atom. The number of hydrogen-bond donors (Lipinski definition) is 0. The van der Waals surface area contributed by atoms with E-state index in [4.69, 9.17) is 0 Å². The minimum atomic E-state index is -0.139. The van der Waals surface area contributed by atoms with Crippen LogP contribution in [0.1, 0.15) is 31.7 Å². The lowest BCUT2D eigenvalue weighted by Crippen LogP contribution is -2.47. The van der Waals surface area contributed by atoms with Gasteiger partial charge in [0.25, 0.3) is 0 Å². The van der Waals surface area contributed by atoms with E-state index < -0.39 is 0 Å². The molecule has 0 saturated carbocycles. The van der Waals surface area contributed by atoms with Crippen LogP contribution < -0.4 is 4.90 Å². The Morgan fingerprint density at radius 3 is 2.67 bits per heavy atom. The molecule has 1 atom stereocenters. The van der Waals surface area contributed by atoms with Gasteiger partial charge in [0.2, 0.25) is 0 Å². The van der Waals surface area contributed by atoms with E-state index in [-0.39, 0.29) is 5.82 Å². The molecule has 1 aromatic carbocycles. The molecule has 3 heteroatoms. The Hall–Kier alpha value is -1.35. The number of piperidine rings is 1. The van der Waals surface area contributed by atoms with Gasteiger partial charge in [-0.3, -0.25) is 4.90 Å². The molecular weight excluding hydrogens is 263 g/mol. The zero-order valence-corrected chi connectivity index (χ0v) is 13.1. The van der Waals surface area contributed by atoms with Gasteiger partial charge in [-0.25, -0.2) is 4.39 Å². The maximum atomic E-state index is 13.2. The van der Waals surface area contributed by atoms with Crippen molar-refractivity contribution in [3.8, 4) is 0 Å². The summed E-state index contributed by atoms with van der Waals surface area (Å²) in [6.45, 7) is 7.53. The van der Waals surface area contributed by atoms with E-state index in [0.29, 0.717) is 12.1 Å². The molecule has 114 valence electrons. The number of aryl methyl sites for hydroxylation is 1. The molecule has 3 rings (SSSR count). The van der Waals surface area contributed by atoms with Crippen LogP contribution in [0.15, 0.2) is 30.4 Å². The molecule has 1 fully saturated rings. The lowest BCUT2D eigenvalue weighted by Gasteiger charge is -2.40. The molecule has 21 heavy (non-hydrogen) atoms. The number of rotatable bonds is 3. The quantitative estimate of drug-likeness (QED) is 0.782. The lowest BCUT2D eigenvalue weighted by atomic mass is 10.00. The maximum absolute atomic E-state index is 13.2. The van der Waals surface area contributed by atoms with Crippen LogP contribution in [0.3, 0.4) is 0 Å². The van der Waals surface area contributed by atoms with Crippen molar-refractivity contribution >= 4 is 5.69 Å². The van der Waals surface area contributed by atoms with Gasteiger partial charge in [0, 0.05) is 37.4 Å². The van der Waals surface area contributed by atoms with Crippen molar-refractivity contribution in [2.24, 2.45) is 0 Å². The van der Waals surface area contributed by atoms with Gasteiger partial charge in [-0.2, -0.15) is 0 Å². The van der Waals surface area contributed by atoms with Crippen molar-refractivity contribution < 1.29 is 4.39 Å². The molecular formula is C18H25FN2. The van der Waals surface area contributed by atoms with Crippen molar-refractivity contribution in [2.45, 2.75) is 45.2 Å². The highest BCUT2D eigenvalue weighted by Gasteiger charge is 2.29. The van der Waals surface area contributed by atoms with Crippen molar-refractivity contribution in [1.82, 2.24) is 4.90 Å². The Morgan fingerprint density at radius 1 is 1.24 bits per heavy atom. The first kappa shape index (κ1) is 14.6. The van der Waals surface area contributed by atoms with Gasteiger partial charge < -0.3 is 4.90 Å². The van der Waals surface area contributed by atoms with Crippen LogP contribution in [0.2, 0.25) is 0 Å². The van der Waals surface area contributed by atoms with E-state index in [0.717, 1.165) is 25.2 Å². The molecule has 2 heterocycles. The summed E-state index contributed by atoms with van der Waals surface area (Å²) < 4.78 is 13.2. The maximum Gasteiger partial charge on any atom is 0.123 e. The molecule has 2 aliphatic rings. The SMILES string of the molecule is CCC1C=CCN1C1CCN(c2ccc(F)cc2C)CC1. The van der Waals surface area contributed by atoms with Crippen LogP contribution >= 0.6 is 0 Å². The number of halogens is 1. The summed E-state index contributed by atoms with van der Waals surface area (Å²) in [6.07, 6.45) is 8.28. The predicted molar refractivity (Wildman–Crippen MR) is 86.3 cm³/mol. The Balaban J connectivity index is 1.62. The lowest BCUT2D eigenvalue weighted by molar-refractivity contribution is 0.163. The molecule has 0 aliphatic carbocycles. The Labute approximate surface area is 127 Å². The van der Waals surface area contributed by atoms with Crippen LogP contribution in [0, 0.1) is 12.7 Å². The fourth-order valence-electron chi connectivity index (χ4n) is 3.79. The highest BCUT2D eigenvalue weighted by Crippen LogP contribution is 2.28. The molecule has 2 aliphatic heterocycles. The second-order valence-electron chi connectivity index (χ2n) is 6.25. The van der Waals surface area contributed by atoms with Gasteiger partial charge >= 0.3 is 0 Å². The number of benzene rings is 1. The molecule has 0 amide bonds. The monoisotopic (exact) mass is 288 g/mol. The summed E-state index contributed by atoms with van der Waals surface area (Å²) in [5.74, 6) is -0.139. The van der Waals surface area contributed by atoms with Crippen LogP contribution in [0.25, 0.3) is 0 Å². The van der Waals surface area contributed by atoms with Gasteiger partial charge in [-0.1, -0.05) is 19.1 Å². The van der Waals surface area contributed by atoms with Crippen molar-refractivity contribution in [3.63, 3.8) is 0 Å². The van der Waals surface area contributed by atoms with Gasteiger partial charge in [0.15, 0.2) is 0 Å². The fraction of sp³-hybridized carbons (Fsp3) is 0.556. The molecule has 0 radical (unpaired) electrons. The molecule has 0 aromatic heterocycles. The summed E-state index contributed by atoms with van der Waals surface area (Å²) in [5, 5.41) is 0. The van der Waals surface area contributed by atoms with Crippen molar-refractivity contribution in [3.05, 3.63) is 41.7 Å². The van der Waals surface area contributed by atoms with Crippen LogP contribution in [0.5, 0.6) is 0 Å². The summed E-state index contributed by atoms with van der Waals surface area (Å²) in [7, 11) is 0. The predicted octanol–water partition coefficient (Wildman–Crippen LogP) is 3.75. The molecule has 1 unspecified atom stereocenters. The van der Waals surface area contributed by atoms with Crippen LogP contribution in [-0.2, 0) is 0 Å². The third-order valence-electron chi connectivity index (χ3n) is 4.95. The minimum absolute atomic E-state index is 0.139. The zero-order valence-electron chi connectivity index (χ0n) is 13.1. The van der Waals surface area contributed by atoms with E-state index >= 15 is 0 Å². The normalized spacial score (nSPS) is 24.0. The van der Waals surface area contributed by atoms with Crippen molar-refractivity contribution in [1.29, 1.82) is 0 Å². The molecule has 1 aromatic rings. The van der Waals surface area contributed by atoms with Crippen LogP contribution in [-0.4, -0.2) is 36.6 Å². The average molecular weight is 288 g/mol. The van der Waals surface area contributed by atoms with Crippen molar-refractivity contribution in [2.75, 3.05) is 24.5 Å². The molecule has 1 saturated heterocycles. The molecule has 0 bridgehead atoms. The second-order valence-corrected chi connectivity index (χ2v) is 6.25. The van der Waals surface area contributed by atoms with E-state index in [2.05, 4.69) is 28.9 Å². The highest BCUT2D eigenvalue weighted by molar-refractivity contribution is 5.53. The third-order valence-corrected chi connectivity index (χ3v) is 4.95. The standard InChI is InChI=1S/C18H25FN2/c1-3-16-5-4-10-21(16)17-8-11-20(12-9-17)18-7-6-15(19)13-14(18)2/h4-7,13,16-17H,3,8-12H2,1-2H3. The first-order valence-electron chi connectivity index (χ1n) is 8.12. The third kappa shape index (κ3) is 2.98. The number of nitrogens with zero attached hydrogens (tertiary/aromatic N) is 2. The zero-order chi connectivity index (χ0) is 14.8. The number of hydrogen-bond acceptors (Lipinski definition) is 2. The van der Waals surface area contributed by atoms with Gasteiger partial charge in [0.05, 0.1) is 0 Å². The summed E-state index contributed by atoms with van der Waals surface area (Å²) >= 11 is 0. The van der Waals surface area contributed by atoms with Gasteiger partial charge in [-0.15, -0.1) is 0 Å². The van der Waals surface area contributed by atoms with E-state index in [1.807, 2.05) is 13.0 Å². The average Bonchev–Trinajstić information content (AvgIpc) is 2.96. The number of anilines is 1. The van der Waals surface area contributed by atoms with Crippen LogP contribution in [0.4, 0.5) is 10.1 Å². The fourth-order valence-corrected chi connectivity index (χ4v) is 3.79. The highest BCUT2D eigenvalue weighted by atomic mass is 19.1. The molecule has 0 N–H and O–H groups in total. The topological polar surface area (TPSA) is 6.48 Å². The van der Waals surface area contributed by atoms with Gasteiger partial charge in [0.1, 0.15) is 5.82 Å². The first-order valence-corrected chi connectivity index (χ1v) is 8.12. The second kappa shape index (κ2) is 6.18. The first-order chi connectivity index (χ1) is 10.2. The summed E-state index contributed by atoms with van der Waals surface area (Å²) in [5.41, 5.74) is 2.24.